The lowest BCUT2D eigenvalue weighted by atomic mass is 9.78. The molecule has 0 saturated carbocycles. The maximum atomic E-state index is 13.7. The minimum absolute atomic E-state index is 0.175. The number of nitrogens with zero attached hydrogens (tertiary/aromatic N) is 1. The van der Waals surface area contributed by atoms with E-state index in [0.29, 0.717) is 15.8 Å². The molecule has 2 aliphatic heterocycles. The summed E-state index contributed by atoms with van der Waals surface area (Å²) in [5, 5.41) is 7.54. The van der Waals surface area contributed by atoms with Gasteiger partial charge in [-0.1, -0.05) is 45.7 Å². The van der Waals surface area contributed by atoms with Gasteiger partial charge >= 0.3 is 0 Å². The molecule has 2 aliphatic rings. The number of ether oxygens (including phenoxy) is 1. The number of rotatable bonds is 3. The number of carbonyl (C=O) groups is 1. The number of anilines is 2. The third-order valence-corrected chi connectivity index (χ3v) is 6.97. The first-order chi connectivity index (χ1) is 15.4. The molecule has 1 amide bonds. The highest BCUT2D eigenvalue weighted by Gasteiger charge is 2.59. The van der Waals surface area contributed by atoms with Crippen LogP contribution in [0.3, 0.4) is 0 Å². The maximum Gasteiger partial charge on any atom is 0.236 e. The van der Waals surface area contributed by atoms with Crippen LogP contribution in [-0.4, -0.2) is 16.7 Å². The van der Waals surface area contributed by atoms with Crippen molar-refractivity contribution in [2.24, 2.45) is 5.92 Å². The lowest BCUT2D eigenvalue weighted by molar-refractivity contribution is -0.130. The number of para-hydroxylation sites is 1. The molecule has 32 heavy (non-hydrogen) atoms. The fraction of sp³-hybridized carbons (Fsp3) is 0.167. The summed E-state index contributed by atoms with van der Waals surface area (Å²) >= 11 is 15.2. The van der Waals surface area contributed by atoms with Crippen molar-refractivity contribution in [2.75, 3.05) is 10.2 Å². The molecule has 2 bridgehead atoms. The number of fused-ring (bicyclic) bond motifs is 4. The smallest absolute Gasteiger partial charge is 0.236 e. The summed E-state index contributed by atoms with van der Waals surface area (Å²) in [7, 11) is 0. The highest BCUT2D eigenvalue weighted by Crippen LogP contribution is 2.49. The predicted octanol–water partition coefficient (Wildman–Crippen LogP) is 5.90. The number of hydrogen-bond donors (Lipinski definition) is 2. The molecule has 3 atom stereocenters. The third-order valence-electron chi connectivity index (χ3n) is 5.89. The van der Waals surface area contributed by atoms with Crippen LogP contribution in [0.5, 0.6) is 5.75 Å². The Kier molecular flexibility index (Phi) is 5.35. The SMILES string of the molecule is C[C@@]12Oc3ccccc3[C@@H](NC(=S)N1c1ccc(Br)cc1)[C@@H]2C(=O)Nc1ccc(Cl)cc1. The van der Waals surface area contributed by atoms with E-state index < -0.39 is 11.6 Å². The summed E-state index contributed by atoms with van der Waals surface area (Å²) in [6.07, 6.45) is 0. The average Bonchev–Trinajstić information content (AvgIpc) is 2.76. The van der Waals surface area contributed by atoms with Gasteiger partial charge in [0.1, 0.15) is 11.7 Å². The monoisotopic (exact) mass is 527 g/mol. The zero-order chi connectivity index (χ0) is 22.5. The molecule has 1 saturated heterocycles. The highest BCUT2D eigenvalue weighted by molar-refractivity contribution is 9.10. The quantitative estimate of drug-likeness (QED) is 0.415. The number of halogens is 2. The van der Waals surface area contributed by atoms with E-state index in [2.05, 4.69) is 26.6 Å². The molecule has 1 fully saturated rings. The van der Waals surface area contributed by atoms with Crippen molar-refractivity contribution in [3.8, 4) is 5.75 Å². The van der Waals surface area contributed by atoms with Crippen LogP contribution in [0.2, 0.25) is 5.02 Å². The lowest BCUT2D eigenvalue weighted by Gasteiger charge is -2.56. The van der Waals surface area contributed by atoms with Gasteiger partial charge in [-0.25, -0.2) is 0 Å². The summed E-state index contributed by atoms with van der Waals surface area (Å²) in [6, 6.07) is 22.2. The van der Waals surface area contributed by atoms with Crippen molar-refractivity contribution in [3.63, 3.8) is 0 Å². The summed E-state index contributed by atoms with van der Waals surface area (Å²) in [5.41, 5.74) is 1.35. The minimum atomic E-state index is -1.05. The van der Waals surface area contributed by atoms with E-state index in [1.54, 1.807) is 24.3 Å². The number of hydrogen-bond acceptors (Lipinski definition) is 3. The van der Waals surface area contributed by atoms with E-state index in [1.807, 2.05) is 60.4 Å². The van der Waals surface area contributed by atoms with Crippen LogP contribution in [-0.2, 0) is 4.79 Å². The number of nitrogens with one attached hydrogen (secondary N) is 2. The van der Waals surface area contributed by atoms with E-state index >= 15 is 0 Å². The molecule has 2 heterocycles. The Hall–Kier alpha value is -2.61. The van der Waals surface area contributed by atoms with Gasteiger partial charge in [-0.2, -0.15) is 0 Å². The van der Waals surface area contributed by atoms with Gasteiger partial charge in [0.15, 0.2) is 10.8 Å². The summed E-state index contributed by atoms with van der Waals surface area (Å²) in [6.45, 7) is 1.91. The van der Waals surface area contributed by atoms with Gasteiger partial charge < -0.3 is 15.4 Å². The van der Waals surface area contributed by atoms with E-state index in [1.165, 1.54) is 0 Å². The molecule has 5 rings (SSSR count). The largest absolute Gasteiger partial charge is 0.467 e. The van der Waals surface area contributed by atoms with Crippen molar-refractivity contribution in [2.45, 2.75) is 18.7 Å². The first-order valence-corrected chi connectivity index (χ1v) is 11.7. The zero-order valence-corrected chi connectivity index (χ0v) is 20.2. The van der Waals surface area contributed by atoms with Gasteiger partial charge in [-0.15, -0.1) is 0 Å². The Morgan fingerprint density at radius 2 is 1.81 bits per heavy atom. The van der Waals surface area contributed by atoms with Crippen molar-refractivity contribution in [1.29, 1.82) is 0 Å². The van der Waals surface area contributed by atoms with Crippen LogP contribution in [0.1, 0.15) is 18.5 Å². The second-order valence-electron chi connectivity index (χ2n) is 7.91. The molecule has 162 valence electrons. The van der Waals surface area contributed by atoms with Crippen LogP contribution in [0, 0.1) is 5.92 Å². The molecule has 5 nitrogen and oxygen atoms in total. The van der Waals surface area contributed by atoms with Crippen LogP contribution < -0.4 is 20.3 Å². The Morgan fingerprint density at radius 1 is 1.12 bits per heavy atom. The van der Waals surface area contributed by atoms with Crippen molar-refractivity contribution < 1.29 is 9.53 Å². The normalized spacial score (nSPS) is 23.6. The van der Waals surface area contributed by atoms with Crippen molar-refractivity contribution >= 4 is 62.1 Å². The van der Waals surface area contributed by atoms with E-state index in [4.69, 9.17) is 28.6 Å². The molecule has 0 spiro atoms. The Labute approximate surface area is 204 Å². The van der Waals surface area contributed by atoms with Crippen LogP contribution in [0.4, 0.5) is 11.4 Å². The molecular weight excluding hydrogens is 510 g/mol. The standard InChI is InChI=1S/C24H19BrClN3O2S/c1-24-20(22(30)27-16-10-8-15(26)9-11-16)21(18-4-2-3-5-19(18)31-24)28-23(32)29(24)17-12-6-14(25)7-13-17/h2-13,20-21H,1H3,(H,27,30)(H,28,32)/t20-,21-,24+/m1/s1. The summed E-state index contributed by atoms with van der Waals surface area (Å²) in [4.78, 5) is 15.6. The number of carbonyl (C=O) groups excluding carboxylic acids is 1. The van der Waals surface area contributed by atoms with Gasteiger partial charge in [0, 0.05) is 26.4 Å². The van der Waals surface area contributed by atoms with Crippen molar-refractivity contribution in [3.05, 3.63) is 87.9 Å². The van der Waals surface area contributed by atoms with Gasteiger partial charge in [-0.05, 0) is 73.7 Å². The molecule has 3 aromatic carbocycles. The van der Waals surface area contributed by atoms with Gasteiger partial charge in [-0.3, -0.25) is 9.69 Å². The molecule has 8 heteroatoms. The minimum Gasteiger partial charge on any atom is -0.467 e. The highest BCUT2D eigenvalue weighted by atomic mass is 79.9. The van der Waals surface area contributed by atoms with Crippen LogP contribution >= 0.6 is 39.7 Å². The Morgan fingerprint density at radius 3 is 2.53 bits per heavy atom. The molecule has 0 aromatic heterocycles. The summed E-state index contributed by atoms with van der Waals surface area (Å²) < 4.78 is 7.50. The zero-order valence-electron chi connectivity index (χ0n) is 17.0. The van der Waals surface area contributed by atoms with E-state index in [9.17, 15) is 4.79 Å². The predicted molar refractivity (Wildman–Crippen MR) is 134 cm³/mol. The fourth-order valence-electron chi connectivity index (χ4n) is 4.46. The van der Waals surface area contributed by atoms with Gasteiger partial charge in [0.05, 0.1) is 6.04 Å². The first-order valence-electron chi connectivity index (χ1n) is 10.1. The molecule has 3 aromatic rings. The topological polar surface area (TPSA) is 53.6 Å². The number of amides is 1. The van der Waals surface area contributed by atoms with Crippen molar-refractivity contribution in [1.82, 2.24) is 5.32 Å². The van der Waals surface area contributed by atoms with Gasteiger partial charge in [0.2, 0.25) is 5.91 Å². The molecule has 2 N–H and O–H groups in total. The van der Waals surface area contributed by atoms with E-state index in [0.717, 1.165) is 21.5 Å². The van der Waals surface area contributed by atoms with Gasteiger partial charge in [0.25, 0.3) is 0 Å². The number of thiocarbonyl (C=S) groups is 1. The third kappa shape index (κ3) is 3.54. The molecular formula is C24H19BrClN3O2S. The first kappa shape index (κ1) is 21.2. The second-order valence-corrected chi connectivity index (χ2v) is 9.65. The maximum absolute atomic E-state index is 13.7. The van der Waals surface area contributed by atoms with E-state index in [-0.39, 0.29) is 11.9 Å². The van der Waals surface area contributed by atoms with Crippen LogP contribution in [0.15, 0.2) is 77.3 Å². The van der Waals surface area contributed by atoms with Crippen LogP contribution in [0.25, 0.3) is 0 Å². The molecule has 0 unspecified atom stereocenters. The average molecular weight is 529 g/mol. The fourth-order valence-corrected chi connectivity index (χ4v) is 5.27. The summed E-state index contributed by atoms with van der Waals surface area (Å²) in [5.74, 6) is -0.0393. The Bertz CT molecular complexity index is 1200. The molecule has 0 aliphatic carbocycles. The lowest BCUT2D eigenvalue weighted by Crippen LogP contribution is -2.72. The number of benzene rings is 3. The molecule has 0 radical (unpaired) electrons. The Balaban J connectivity index is 1.60. The second kappa shape index (κ2) is 8.06.